The van der Waals surface area contributed by atoms with Gasteiger partial charge in [0.25, 0.3) is 5.56 Å². The van der Waals surface area contributed by atoms with Crippen molar-refractivity contribution in [1.29, 1.82) is 5.26 Å². The van der Waals surface area contributed by atoms with Crippen LogP contribution < -0.4 is 5.56 Å². The van der Waals surface area contributed by atoms with Gasteiger partial charge in [-0.15, -0.1) is 0 Å². The quantitative estimate of drug-likeness (QED) is 0.852. The molecule has 1 aromatic heterocycles. The second-order valence-corrected chi connectivity index (χ2v) is 6.31. The number of rotatable bonds is 4. The van der Waals surface area contributed by atoms with Crippen LogP contribution in [0, 0.1) is 25.2 Å². The van der Waals surface area contributed by atoms with E-state index in [4.69, 9.17) is 10.00 Å². The fourth-order valence-corrected chi connectivity index (χ4v) is 3.02. The van der Waals surface area contributed by atoms with Crippen LogP contribution in [0.3, 0.4) is 0 Å². The number of hydrogen-bond acceptors (Lipinski definition) is 6. The van der Waals surface area contributed by atoms with E-state index < -0.39 is 11.7 Å². The molecule has 2 heterocycles. The van der Waals surface area contributed by atoms with E-state index in [1.807, 2.05) is 19.9 Å². The van der Waals surface area contributed by atoms with Crippen molar-refractivity contribution in [2.24, 2.45) is 0 Å². The molecule has 0 amide bonds. The van der Waals surface area contributed by atoms with Crippen molar-refractivity contribution in [2.75, 3.05) is 19.6 Å². The first-order valence-electron chi connectivity index (χ1n) is 7.86. The van der Waals surface area contributed by atoms with E-state index in [-0.39, 0.29) is 24.3 Å². The highest BCUT2D eigenvalue weighted by Crippen LogP contribution is 2.11. The zero-order valence-electron chi connectivity index (χ0n) is 14.1. The molecule has 0 saturated carbocycles. The number of aromatic nitrogens is 2. The number of nitriles is 1. The Hall–Kier alpha value is -1.75. The molecule has 1 saturated heterocycles. The van der Waals surface area contributed by atoms with Gasteiger partial charge in [-0.25, -0.2) is 4.68 Å². The monoisotopic (exact) mass is 320 g/mol. The number of aliphatic hydroxyl groups is 1. The fourth-order valence-electron chi connectivity index (χ4n) is 3.02. The number of morpholine rings is 1. The first-order chi connectivity index (χ1) is 10.8. The van der Waals surface area contributed by atoms with Gasteiger partial charge in [0.1, 0.15) is 11.6 Å². The summed E-state index contributed by atoms with van der Waals surface area (Å²) in [6.07, 6.45) is -0.483. The molecule has 1 aliphatic rings. The minimum Gasteiger partial charge on any atom is -0.390 e. The lowest BCUT2D eigenvalue weighted by atomic mass is 10.1. The summed E-state index contributed by atoms with van der Waals surface area (Å²) in [5.41, 5.74) is 0.873. The number of aliphatic hydroxyl groups excluding tert-OH is 1. The van der Waals surface area contributed by atoms with E-state index in [1.54, 1.807) is 13.8 Å². The number of hydrogen-bond donors (Lipinski definition) is 1. The van der Waals surface area contributed by atoms with Gasteiger partial charge in [-0.2, -0.15) is 10.4 Å². The Kier molecular flexibility index (Phi) is 5.52. The van der Waals surface area contributed by atoms with E-state index in [9.17, 15) is 9.90 Å². The largest absolute Gasteiger partial charge is 0.390 e. The number of aryl methyl sites for hydroxylation is 1. The Morgan fingerprint density at radius 1 is 1.35 bits per heavy atom. The summed E-state index contributed by atoms with van der Waals surface area (Å²) in [4.78, 5) is 14.4. The van der Waals surface area contributed by atoms with Gasteiger partial charge < -0.3 is 9.84 Å². The Balaban J connectivity index is 2.09. The molecule has 0 spiro atoms. The van der Waals surface area contributed by atoms with Crippen LogP contribution in [0.5, 0.6) is 0 Å². The molecule has 1 fully saturated rings. The molecule has 23 heavy (non-hydrogen) atoms. The summed E-state index contributed by atoms with van der Waals surface area (Å²) in [6.45, 7) is 9.49. The van der Waals surface area contributed by atoms with Crippen molar-refractivity contribution in [2.45, 2.75) is 52.6 Å². The maximum absolute atomic E-state index is 12.2. The van der Waals surface area contributed by atoms with Crippen molar-refractivity contribution in [3.8, 4) is 6.07 Å². The van der Waals surface area contributed by atoms with Gasteiger partial charge in [-0.05, 0) is 33.3 Å². The smallest absolute Gasteiger partial charge is 0.285 e. The zero-order chi connectivity index (χ0) is 17.1. The SMILES string of the molecule is Cc1nn(C[C@H](O)CN2C[C@H](C)O[C@@H](C)C2)c(=O)c(C#N)c1C. The predicted octanol–water partition coefficient (Wildman–Crippen LogP) is 0.202. The van der Waals surface area contributed by atoms with Crippen LogP contribution in [0.2, 0.25) is 0 Å². The van der Waals surface area contributed by atoms with Crippen molar-refractivity contribution in [3.05, 3.63) is 27.2 Å². The van der Waals surface area contributed by atoms with Crippen LogP contribution in [-0.4, -0.2) is 57.7 Å². The summed E-state index contributed by atoms with van der Waals surface area (Å²) in [5.74, 6) is 0. The fraction of sp³-hybridized carbons (Fsp3) is 0.688. The molecule has 2 rings (SSSR count). The lowest BCUT2D eigenvalue weighted by Gasteiger charge is -2.36. The van der Waals surface area contributed by atoms with Gasteiger partial charge in [0, 0.05) is 19.6 Å². The van der Waals surface area contributed by atoms with Crippen molar-refractivity contribution < 1.29 is 9.84 Å². The van der Waals surface area contributed by atoms with Crippen molar-refractivity contribution in [3.63, 3.8) is 0 Å². The van der Waals surface area contributed by atoms with E-state index in [1.165, 1.54) is 4.68 Å². The maximum atomic E-state index is 12.2. The second kappa shape index (κ2) is 7.21. The van der Waals surface area contributed by atoms with Crippen LogP contribution in [-0.2, 0) is 11.3 Å². The van der Waals surface area contributed by atoms with Crippen molar-refractivity contribution >= 4 is 0 Å². The summed E-state index contributed by atoms with van der Waals surface area (Å²) in [6, 6.07) is 1.93. The predicted molar refractivity (Wildman–Crippen MR) is 85.1 cm³/mol. The summed E-state index contributed by atoms with van der Waals surface area (Å²) < 4.78 is 6.86. The third kappa shape index (κ3) is 4.16. The third-order valence-electron chi connectivity index (χ3n) is 4.10. The summed E-state index contributed by atoms with van der Waals surface area (Å²) >= 11 is 0. The molecule has 1 N–H and O–H groups in total. The third-order valence-corrected chi connectivity index (χ3v) is 4.10. The van der Waals surface area contributed by atoms with E-state index in [0.717, 1.165) is 13.1 Å². The topological polar surface area (TPSA) is 91.4 Å². The normalized spacial score (nSPS) is 23.5. The number of nitrogens with zero attached hydrogens (tertiary/aromatic N) is 4. The van der Waals surface area contributed by atoms with Gasteiger partial charge in [0.2, 0.25) is 0 Å². The summed E-state index contributed by atoms with van der Waals surface area (Å²) in [5, 5.41) is 23.6. The van der Waals surface area contributed by atoms with E-state index in [2.05, 4.69) is 10.00 Å². The van der Waals surface area contributed by atoms with E-state index >= 15 is 0 Å². The Labute approximate surface area is 136 Å². The molecule has 0 aromatic carbocycles. The lowest BCUT2D eigenvalue weighted by molar-refractivity contribution is -0.0775. The summed E-state index contributed by atoms with van der Waals surface area (Å²) in [7, 11) is 0. The van der Waals surface area contributed by atoms with Crippen molar-refractivity contribution in [1.82, 2.24) is 14.7 Å². The molecule has 0 bridgehead atoms. The highest BCUT2D eigenvalue weighted by atomic mass is 16.5. The number of β-amino-alcohol motifs (C(OH)–C–C–N with tert-alkyl or cyclic N) is 1. The molecule has 3 atom stereocenters. The molecular weight excluding hydrogens is 296 g/mol. The Morgan fingerprint density at radius 3 is 2.52 bits per heavy atom. The Morgan fingerprint density at radius 2 is 1.96 bits per heavy atom. The highest BCUT2D eigenvalue weighted by Gasteiger charge is 2.24. The first-order valence-corrected chi connectivity index (χ1v) is 7.86. The van der Waals surface area contributed by atoms with Crippen LogP contribution >= 0.6 is 0 Å². The van der Waals surface area contributed by atoms with Crippen LogP contribution in [0.1, 0.15) is 30.7 Å². The molecular formula is C16H24N4O3. The average molecular weight is 320 g/mol. The van der Waals surface area contributed by atoms with Crippen LogP contribution in [0.25, 0.3) is 0 Å². The second-order valence-electron chi connectivity index (χ2n) is 6.31. The first kappa shape index (κ1) is 17.6. The molecule has 1 aliphatic heterocycles. The van der Waals surface area contributed by atoms with Gasteiger partial charge in [0.05, 0.1) is 30.6 Å². The van der Waals surface area contributed by atoms with Gasteiger partial charge >= 0.3 is 0 Å². The van der Waals surface area contributed by atoms with Gasteiger partial charge in [-0.3, -0.25) is 9.69 Å². The van der Waals surface area contributed by atoms with Crippen LogP contribution in [0.4, 0.5) is 0 Å². The molecule has 0 aliphatic carbocycles. The van der Waals surface area contributed by atoms with Gasteiger partial charge in [-0.1, -0.05) is 0 Å². The maximum Gasteiger partial charge on any atom is 0.285 e. The van der Waals surface area contributed by atoms with Gasteiger partial charge in [0.15, 0.2) is 0 Å². The molecule has 0 unspecified atom stereocenters. The molecule has 7 heteroatoms. The highest BCUT2D eigenvalue weighted by molar-refractivity contribution is 5.36. The average Bonchev–Trinajstić information content (AvgIpc) is 2.44. The molecule has 7 nitrogen and oxygen atoms in total. The minimum absolute atomic E-state index is 0.0781. The van der Waals surface area contributed by atoms with Crippen LogP contribution in [0.15, 0.2) is 4.79 Å². The van der Waals surface area contributed by atoms with E-state index in [0.29, 0.717) is 17.8 Å². The molecule has 126 valence electrons. The number of ether oxygens (including phenoxy) is 1. The lowest BCUT2D eigenvalue weighted by Crippen LogP contribution is -2.49. The molecule has 1 aromatic rings. The zero-order valence-corrected chi connectivity index (χ0v) is 14.1. The Bertz CT molecular complexity index is 655. The standard InChI is InChI=1S/C16H24N4O3/c1-10-6-19(7-11(2)23-10)8-14(21)9-20-16(22)15(5-17)12(3)13(4)18-20/h10-11,14,21H,6-9H2,1-4H3/t10-,11-,14+/m0/s1. The minimum atomic E-state index is -0.730. The molecule has 0 radical (unpaired) electrons.